The topological polar surface area (TPSA) is 55.4 Å². The molecule has 4 nitrogen and oxygen atoms in total. The van der Waals surface area contributed by atoms with Crippen molar-refractivity contribution in [2.75, 3.05) is 11.8 Å². The molecule has 0 radical (unpaired) electrons. The number of nitrogens with one attached hydrogen (secondary N) is 1. The highest BCUT2D eigenvalue weighted by Crippen LogP contribution is 2.27. The number of methoxy groups -OCH3 is 1. The van der Waals surface area contributed by atoms with Crippen LogP contribution in [0.3, 0.4) is 0 Å². The van der Waals surface area contributed by atoms with Crippen molar-refractivity contribution in [2.24, 2.45) is 0 Å². The molecule has 2 aromatic carbocycles. The fourth-order valence-electron chi connectivity index (χ4n) is 1.74. The first kappa shape index (κ1) is 14.7. The minimum atomic E-state index is -3.67. The van der Waals surface area contributed by atoms with Crippen LogP contribution in [-0.2, 0) is 10.0 Å². The molecule has 0 aromatic heterocycles. The second-order valence-electron chi connectivity index (χ2n) is 4.27. The molecule has 0 heterocycles. The van der Waals surface area contributed by atoms with E-state index in [1.807, 2.05) is 13.0 Å². The molecule has 2 aromatic rings. The van der Waals surface area contributed by atoms with Crippen LogP contribution in [0.15, 0.2) is 47.4 Å². The molecule has 6 heteroatoms. The first-order valence-electron chi connectivity index (χ1n) is 5.85. The van der Waals surface area contributed by atoms with Gasteiger partial charge in [0.2, 0.25) is 0 Å². The maximum absolute atomic E-state index is 12.3. The number of rotatable bonds is 4. The van der Waals surface area contributed by atoms with E-state index in [-0.39, 0.29) is 9.92 Å². The molecule has 0 spiro atoms. The Labute approximate surface area is 123 Å². The number of halogens is 1. The summed E-state index contributed by atoms with van der Waals surface area (Å²) >= 11 is 5.95. The van der Waals surface area contributed by atoms with Gasteiger partial charge in [0.05, 0.1) is 17.0 Å². The highest BCUT2D eigenvalue weighted by Gasteiger charge is 2.16. The molecule has 2 rings (SSSR count). The minimum Gasteiger partial charge on any atom is -0.495 e. The Hall–Kier alpha value is -1.72. The second kappa shape index (κ2) is 5.73. The van der Waals surface area contributed by atoms with Gasteiger partial charge in [0.25, 0.3) is 10.0 Å². The monoisotopic (exact) mass is 311 g/mol. The number of anilines is 1. The molecule has 0 aliphatic heterocycles. The molecule has 0 bridgehead atoms. The number of ether oxygens (including phenoxy) is 1. The molecule has 0 aliphatic carbocycles. The summed E-state index contributed by atoms with van der Waals surface area (Å²) in [5, 5.41) is 0.250. The van der Waals surface area contributed by atoms with E-state index in [0.717, 1.165) is 5.56 Å². The molecular formula is C14H14ClNO3S. The molecule has 0 aliphatic rings. The summed E-state index contributed by atoms with van der Waals surface area (Å²) < 4.78 is 32.0. The first-order chi connectivity index (χ1) is 9.42. The Morgan fingerprint density at radius 1 is 1.15 bits per heavy atom. The number of benzene rings is 2. The number of sulfonamides is 1. The summed E-state index contributed by atoms with van der Waals surface area (Å²) in [6, 6.07) is 11.4. The molecular weight excluding hydrogens is 298 g/mol. The fraction of sp³-hybridized carbons (Fsp3) is 0.143. The number of aryl methyl sites for hydroxylation is 1. The summed E-state index contributed by atoms with van der Waals surface area (Å²) in [4.78, 5) is 0.0878. The molecule has 20 heavy (non-hydrogen) atoms. The van der Waals surface area contributed by atoms with Gasteiger partial charge in [-0.1, -0.05) is 23.7 Å². The predicted molar refractivity (Wildman–Crippen MR) is 80.0 cm³/mol. The second-order valence-corrected chi connectivity index (χ2v) is 6.36. The molecule has 0 saturated heterocycles. The van der Waals surface area contributed by atoms with Crippen molar-refractivity contribution < 1.29 is 13.2 Å². The van der Waals surface area contributed by atoms with Gasteiger partial charge in [0.15, 0.2) is 0 Å². The minimum absolute atomic E-state index is 0.0878. The lowest BCUT2D eigenvalue weighted by Gasteiger charge is -2.10. The van der Waals surface area contributed by atoms with E-state index in [1.165, 1.54) is 25.3 Å². The zero-order valence-corrected chi connectivity index (χ0v) is 12.6. The van der Waals surface area contributed by atoms with Crippen molar-refractivity contribution in [3.8, 4) is 5.75 Å². The Bertz CT molecular complexity index is 729. The zero-order chi connectivity index (χ0) is 14.8. The molecule has 1 N–H and O–H groups in total. The highest BCUT2D eigenvalue weighted by atomic mass is 35.5. The first-order valence-corrected chi connectivity index (χ1v) is 7.71. The molecule has 106 valence electrons. The average Bonchev–Trinajstić information content (AvgIpc) is 2.38. The van der Waals surface area contributed by atoms with Crippen LogP contribution in [0.5, 0.6) is 5.75 Å². The third-order valence-corrected chi connectivity index (χ3v) is 4.38. The van der Waals surface area contributed by atoms with Crippen LogP contribution in [0.4, 0.5) is 5.69 Å². The van der Waals surface area contributed by atoms with E-state index in [4.69, 9.17) is 16.3 Å². The van der Waals surface area contributed by atoms with Crippen LogP contribution in [0.2, 0.25) is 5.02 Å². The van der Waals surface area contributed by atoms with Gasteiger partial charge >= 0.3 is 0 Å². The number of hydrogen-bond donors (Lipinski definition) is 1. The molecule has 0 amide bonds. The van der Waals surface area contributed by atoms with Crippen molar-refractivity contribution in [1.82, 2.24) is 0 Å². The lowest BCUT2D eigenvalue weighted by atomic mass is 10.2. The SMILES string of the molecule is COc1ccc(S(=O)(=O)Nc2cccc(C)c2)cc1Cl. The Morgan fingerprint density at radius 3 is 2.50 bits per heavy atom. The van der Waals surface area contributed by atoms with Gasteiger partial charge in [-0.3, -0.25) is 4.72 Å². The Morgan fingerprint density at radius 2 is 1.90 bits per heavy atom. The third kappa shape index (κ3) is 3.23. The van der Waals surface area contributed by atoms with Gasteiger partial charge in [-0.25, -0.2) is 8.42 Å². The van der Waals surface area contributed by atoms with Gasteiger partial charge < -0.3 is 4.74 Å². The summed E-state index contributed by atoms with van der Waals surface area (Å²) in [5.74, 6) is 0.432. The zero-order valence-electron chi connectivity index (χ0n) is 11.1. The lowest BCUT2D eigenvalue weighted by Crippen LogP contribution is -2.13. The summed E-state index contributed by atoms with van der Waals surface area (Å²) in [6.07, 6.45) is 0. The van der Waals surface area contributed by atoms with E-state index in [1.54, 1.807) is 18.2 Å². The number of hydrogen-bond acceptors (Lipinski definition) is 3. The van der Waals surface area contributed by atoms with Crippen LogP contribution in [0, 0.1) is 6.92 Å². The average molecular weight is 312 g/mol. The van der Waals surface area contributed by atoms with E-state index in [9.17, 15) is 8.42 Å². The third-order valence-electron chi connectivity index (χ3n) is 2.70. The van der Waals surface area contributed by atoms with Crippen molar-refractivity contribution >= 4 is 27.3 Å². The highest BCUT2D eigenvalue weighted by molar-refractivity contribution is 7.92. The van der Waals surface area contributed by atoms with E-state index < -0.39 is 10.0 Å². The van der Waals surface area contributed by atoms with Gasteiger partial charge in [0.1, 0.15) is 5.75 Å². The van der Waals surface area contributed by atoms with Crippen molar-refractivity contribution in [3.05, 3.63) is 53.1 Å². The van der Waals surface area contributed by atoms with E-state index in [2.05, 4.69) is 4.72 Å². The van der Waals surface area contributed by atoms with Crippen molar-refractivity contribution in [3.63, 3.8) is 0 Å². The molecule has 0 saturated carbocycles. The Kier molecular flexibility index (Phi) is 4.20. The predicted octanol–water partition coefficient (Wildman–Crippen LogP) is 3.46. The smallest absolute Gasteiger partial charge is 0.261 e. The fourth-order valence-corrected chi connectivity index (χ4v) is 3.13. The van der Waals surface area contributed by atoms with E-state index in [0.29, 0.717) is 11.4 Å². The molecule has 0 unspecified atom stereocenters. The summed E-state index contributed by atoms with van der Waals surface area (Å²) in [5.41, 5.74) is 1.48. The van der Waals surface area contributed by atoms with Crippen molar-refractivity contribution in [2.45, 2.75) is 11.8 Å². The van der Waals surface area contributed by atoms with Gasteiger partial charge in [-0.15, -0.1) is 0 Å². The van der Waals surface area contributed by atoms with Gasteiger partial charge in [0, 0.05) is 5.69 Å². The van der Waals surface area contributed by atoms with Crippen LogP contribution in [-0.4, -0.2) is 15.5 Å². The van der Waals surface area contributed by atoms with Crippen LogP contribution >= 0.6 is 11.6 Å². The van der Waals surface area contributed by atoms with Gasteiger partial charge in [-0.05, 0) is 42.8 Å². The van der Waals surface area contributed by atoms with Crippen LogP contribution in [0.25, 0.3) is 0 Å². The Balaban J connectivity index is 2.33. The quantitative estimate of drug-likeness (QED) is 0.940. The maximum atomic E-state index is 12.3. The standard InChI is InChI=1S/C14H14ClNO3S/c1-10-4-3-5-11(8-10)16-20(17,18)12-6-7-14(19-2)13(15)9-12/h3-9,16H,1-2H3. The molecule has 0 atom stereocenters. The molecule has 0 fully saturated rings. The van der Waals surface area contributed by atoms with Gasteiger partial charge in [-0.2, -0.15) is 0 Å². The maximum Gasteiger partial charge on any atom is 0.261 e. The summed E-state index contributed by atoms with van der Waals surface area (Å²) in [7, 11) is -2.19. The normalized spacial score (nSPS) is 11.2. The van der Waals surface area contributed by atoms with Crippen LogP contribution < -0.4 is 9.46 Å². The largest absolute Gasteiger partial charge is 0.495 e. The van der Waals surface area contributed by atoms with Crippen molar-refractivity contribution in [1.29, 1.82) is 0 Å². The van der Waals surface area contributed by atoms with Crippen LogP contribution in [0.1, 0.15) is 5.56 Å². The summed E-state index contributed by atoms with van der Waals surface area (Å²) in [6.45, 7) is 1.89. The van der Waals surface area contributed by atoms with E-state index >= 15 is 0 Å². The lowest BCUT2D eigenvalue weighted by molar-refractivity contribution is 0.414.